The minimum Gasteiger partial charge on any atom is -0.296 e. The van der Waals surface area contributed by atoms with Gasteiger partial charge in [-0.1, -0.05) is 18.2 Å². The van der Waals surface area contributed by atoms with Crippen molar-refractivity contribution in [1.82, 2.24) is 9.38 Å². The van der Waals surface area contributed by atoms with Gasteiger partial charge in [0, 0.05) is 5.39 Å². The van der Waals surface area contributed by atoms with E-state index in [2.05, 4.69) is 31.0 Å². The van der Waals surface area contributed by atoms with E-state index in [9.17, 15) is 4.79 Å². The summed E-state index contributed by atoms with van der Waals surface area (Å²) in [4.78, 5) is 15.7. The maximum absolute atomic E-state index is 11.3. The van der Waals surface area contributed by atoms with Crippen LogP contribution in [0.2, 0.25) is 0 Å². The van der Waals surface area contributed by atoms with Gasteiger partial charge < -0.3 is 0 Å². The summed E-state index contributed by atoms with van der Waals surface area (Å²) < 4.78 is 1.96. The fraction of sp³-hybridized carbons (Fsp3) is 0.200. The maximum atomic E-state index is 11.3. The van der Waals surface area contributed by atoms with E-state index >= 15 is 0 Å². The first-order valence-electron chi connectivity index (χ1n) is 5.96. The first-order valence-corrected chi connectivity index (χ1v) is 5.96. The largest absolute Gasteiger partial charge is 0.296 e. The Morgan fingerprint density at radius 2 is 1.94 bits per heavy atom. The molecule has 18 heavy (non-hydrogen) atoms. The van der Waals surface area contributed by atoms with Crippen molar-refractivity contribution in [2.45, 2.75) is 20.8 Å². The molecule has 0 spiro atoms. The van der Waals surface area contributed by atoms with E-state index in [-0.39, 0.29) is 0 Å². The Kier molecular flexibility index (Phi) is 2.23. The Bertz CT molecular complexity index is 784. The lowest BCUT2D eigenvalue weighted by Gasteiger charge is -2.09. The van der Waals surface area contributed by atoms with E-state index in [1.54, 1.807) is 0 Å². The average molecular weight is 238 g/mol. The number of aldehydes is 1. The van der Waals surface area contributed by atoms with Crippen molar-refractivity contribution in [2.75, 3.05) is 0 Å². The molecule has 3 heteroatoms. The van der Waals surface area contributed by atoms with Crippen LogP contribution < -0.4 is 0 Å². The van der Waals surface area contributed by atoms with Gasteiger partial charge in [-0.3, -0.25) is 9.20 Å². The number of rotatable bonds is 1. The second kappa shape index (κ2) is 3.67. The van der Waals surface area contributed by atoms with Crippen LogP contribution >= 0.6 is 0 Å². The van der Waals surface area contributed by atoms with Crippen molar-refractivity contribution in [3.63, 3.8) is 0 Å². The molecule has 0 radical (unpaired) electrons. The summed E-state index contributed by atoms with van der Waals surface area (Å²) in [5.74, 6) is 0. The van der Waals surface area contributed by atoms with Crippen molar-refractivity contribution in [3.8, 4) is 0 Å². The van der Waals surface area contributed by atoms with Crippen molar-refractivity contribution in [2.24, 2.45) is 0 Å². The molecule has 1 aromatic carbocycles. The highest BCUT2D eigenvalue weighted by Crippen LogP contribution is 2.26. The number of hydrogen-bond donors (Lipinski definition) is 0. The van der Waals surface area contributed by atoms with Crippen molar-refractivity contribution < 1.29 is 4.79 Å². The number of hydrogen-bond acceptors (Lipinski definition) is 2. The molecule has 0 saturated carbocycles. The van der Waals surface area contributed by atoms with E-state index in [0.29, 0.717) is 5.69 Å². The summed E-state index contributed by atoms with van der Waals surface area (Å²) in [7, 11) is 0. The van der Waals surface area contributed by atoms with Crippen LogP contribution in [0.1, 0.15) is 27.3 Å². The molecule has 2 heterocycles. The Balaban J connectivity index is 2.69. The van der Waals surface area contributed by atoms with E-state index < -0.39 is 0 Å². The number of aromatic nitrogens is 2. The summed E-state index contributed by atoms with van der Waals surface area (Å²) in [6.07, 6.45) is 0.885. The van der Waals surface area contributed by atoms with Gasteiger partial charge in [-0.05, 0) is 38.0 Å². The van der Waals surface area contributed by atoms with Gasteiger partial charge in [0.2, 0.25) is 0 Å². The Hall–Kier alpha value is -2.16. The molecule has 0 fully saturated rings. The third-order valence-corrected chi connectivity index (χ3v) is 3.47. The van der Waals surface area contributed by atoms with E-state index in [4.69, 9.17) is 0 Å². The highest BCUT2D eigenvalue weighted by Gasteiger charge is 2.13. The molecule has 0 saturated heterocycles. The number of imidazole rings is 1. The fourth-order valence-corrected chi connectivity index (χ4v) is 2.58. The summed E-state index contributed by atoms with van der Waals surface area (Å²) in [5, 5.41) is 1.17. The van der Waals surface area contributed by atoms with Crippen LogP contribution in [-0.2, 0) is 0 Å². The molecule has 3 aromatic rings. The zero-order valence-electron chi connectivity index (χ0n) is 10.7. The Labute approximate surface area is 105 Å². The van der Waals surface area contributed by atoms with Crippen LogP contribution in [0, 0.1) is 20.8 Å². The number of pyridine rings is 1. The number of nitrogens with zero attached hydrogens (tertiary/aromatic N) is 2. The lowest BCUT2D eigenvalue weighted by molar-refractivity contribution is 0.111. The predicted molar refractivity (Wildman–Crippen MR) is 72.3 cm³/mol. The number of carbonyl (C=O) groups excluding carboxylic acids is 1. The minimum absolute atomic E-state index is 0.643. The molecule has 3 rings (SSSR count). The first kappa shape index (κ1) is 11.0. The summed E-state index contributed by atoms with van der Waals surface area (Å²) in [6.45, 7) is 6.01. The van der Waals surface area contributed by atoms with Gasteiger partial charge in [0.15, 0.2) is 6.29 Å². The molecule has 0 aliphatic heterocycles. The van der Waals surface area contributed by atoms with Crippen molar-refractivity contribution in [3.05, 3.63) is 46.8 Å². The van der Waals surface area contributed by atoms with Gasteiger partial charge in [-0.15, -0.1) is 0 Å². The summed E-state index contributed by atoms with van der Waals surface area (Å²) in [5.41, 5.74) is 5.68. The normalized spacial score (nSPS) is 11.3. The Morgan fingerprint density at radius 1 is 1.17 bits per heavy atom. The van der Waals surface area contributed by atoms with Crippen LogP contribution in [-0.4, -0.2) is 15.7 Å². The third-order valence-electron chi connectivity index (χ3n) is 3.47. The molecule has 90 valence electrons. The van der Waals surface area contributed by atoms with Crippen LogP contribution in [0.25, 0.3) is 16.6 Å². The molecule has 3 nitrogen and oxygen atoms in total. The topological polar surface area (TPSA) is 34.4 Å². The van der Waals surface area contributed by atoms with Crippen LogP contribution in [0.4, 0.5) is 0 Å². The SMILES string of the molecule is Cc1nc2cc(C)c3cccc(C)c3n2c1C=O. The highest BCUT2D eigenvalue weighted by molar-refractivity contribution is 5.91. The lowest BCUT2D eigenvalue weighted by atomic mass is 10.1. The van der Waals surface area contributed by atoms with Gasteiger partial charge >= 0.3 is 0 Å². The molecule has 0 unspecified atom stereocenters. The monoisotopic (exact) mass is 238 g/mol. The van der Waals surface area contributed by atoms with E-state index in [0.717, 1.165) is 28.7 Å². The molecule has 0 aliphatic rings. The second-order valence-electron chi connectivity index (χ2n) is 4.69. The lowest BCUT2D eigenvalue weighted by Crippen LogP contribution is -1.97. The molecule has 0 bridgehead atoms. The number of para-hydroxylation sites is 1. The van der Waals surface area contributed by atoms with Gasteiger partial charge in [-0.2, -0.15) is 0 Å². The van der Waals surface area contributed by atoms with Crippen molar-refractivity contribution in [1.29, 1.82) is 0 Å². The average Bonchev–Trinajstić information content (AvgIpc) is 2.65. The van der Waals surface area contributed by atoms with Gasteiger partial charge in [0.05, 0.1) is 11.2 Å². The minimum atomic E-state index is 0.643. The number of aryl methyl sites for hydroxylation is 3. The highest BCUT2D eigenvalue weighted by atomic mass is 16.1. The Morgan fingerprint density at radius 3 is 2.67 bits per heavy atom. The smallest absolute Gasteiger partial charge is 0.168 e. The third kappa shape index (κ3) is 1.30. The van der Waals surface area contributed by atoms with Gasteiger partial charge in [0.1, 0.15) is 11.3 Å². The standard InChI is InChI=1S/C15H14N2O/c1-9-5-4-6-12-10(2)7-14-16-11(3)13(8-18)17(14)15(9)12/h4-8H,1-3H3. The molecule has 0 aliphatic carbocycles. The molecule has 0 N–H and O–H groups in total. The predicted octanol–water partition coefficient (Wildman–Crippen LogP) is 3.23. The van der Waals surface area contributed by atoms with Crippen LogP contribution in [0.5, 0.6) is 0 Å². The molecule has 2 aromatic heterocycles. The quantitative estimate of drug-likeness (QED) is 0.610. The second-order valence-corrected chi connectivity index (χ2v) is 4.69. The summed E-state index contributed by atoms with van der Waals surface area (Å²) >= 11 is 0. The molecular formula is C15H14N2O. The van der Waals surface area contributed by atoms with E-state index in [1.807, 2.05) is 23.5 Å². The van der Waals surface area contributed by atoms with Crippen LogP contribution in [0.15, 0.2) is 24.3 Å². The zero-order chi connectivity index (χ0) is 12.9. The maximum Gasteiger partial charge on any atom is 0.168 e. The van der Waals surface area contributed by atoms with Crippen LogP contribution in [0.3, 0.4) is 0 Å². The fourth-order valence-electron chi connectivity index (χ4n) is 2.58. The van der Waals surface area contributed by atoms with E-state index in [1.165, 1.54) is 10.9 Å². The van der Waals surface area contributed by atoms with Crippen molar-refractivity contribution >= 4 is 22.8 Å². The molecule has 0 atom stereocenters. The number of benzene rings is 1. The van der Waals surface area contributed by atoms with Gasteiger partial charge in [-0.25, -0.2) is 4.98 Å². The molecule has 0 amide bonds. The van der Waals surface area contributed by atoms with Gasteiger partial charge in [0.25, 0.3) is 0 Å². The molecular weight excluding hydrogens is 224 g/mol. The summed E-state index contributed by atoms with van der Waals surface area (Å²) in [6, 6.07) is 8.22. The first-order chi connectivity index (χ1) is 8.63. The zero-order valence-corrected chi connectivity index (χ0v) is 10.7. The number of carbonyl (C=O) groups is 1. The number of fused-ring (bicyclic) bond motifs is 3.